The Labute approximate surface area is 188 Å². The number of ether oxygens (including phenoxy) is 2. The van der Waals surface area contributed by atoms with Crippen molar-refractivity contribution in [1.82, 2.24) is 14.7 Å². The van der Waals surface area contributed by atoms with Crippen LogP contribution < -0.4 is 9.47 Å². The van der Waals surface area contributed by atoms with Gasteiger partial charge in [-0.3, -0.25) is 9.48 Å². The van der Waals surface area contributed by atoms with Gasteiger partial charge in [-0.1, -0.05) is 6.07 Å². The molecule has 0 spiro atoms. The minimum atomic E-state index is -3.05. The zero-order valence-electron chi connectivity index (χ0n) is 18.0. The van der Waals surface area contributed by atoms with Crippen molar-refractivity contribution in [2.75, 3.05) is 13.2 Å². The molecule has 2 aliphatic heterocycles. The van der Waals surface area contributed by atoms with Crippen molar-refractivity contribution in [3.8, 4) is 22.8 Å². The third-order valence-corrected chi connectivity index (χ3v) is 6.02. The Balaban J connectivity index is 1.41. The molecule has 0 radical (unpaired) electrons. The summed E-state index contributed by atoms with van der Waals surface area (Å²) in [6, 6.07) is 9.12. The van der Waals surface area contributed by atoms with Crippen molar-refractivity contribution in [3.63, 3.8) is 0 Å². The maximum atomic E-state index is 14.1. The van der Waals surface area contributed by atoms with Gasteiger partial charge in [0.25, 0.3) is 5.91 Å². The number of benzene rings is 2. The smallest absolute Gasteiger partial charge is 0.387 e. The molecule has 0 bridgehead atoms. The Morgan fingerprint density at radius 1 is 1.18 bits per heavy atom. The minimum absolute atomic E-state index is 0.108. The molecule has 3 heterocycles. The topological polar surface area (TPSA) is 56.6 Å². The third-order valence-electron chi connectivity index (χ3n) is 6.02. The number of halogens is 3. The number of carbonyl (C=O) groups is 1. The average Bonchev–Trinajstić information content (AvgIpc) is 3.12. The number of aromatic nitrogens is 2. The summed E-state index contributed by atoms with van der Waals surface area (Å²) in [5, 5.41) is 4.53. The molecule has 172 valence electrons. The van der Waals surface area contributed by atoms with Crippen LogP contribution in [-0.4, -0.2) is 40.4 Å². The summed E-state index contributed by atoms with van der Waals surface area (Å²) in [6.45, 7) is -1.64. The molecule has 1 amide bonds. The first-order chi connectivity index (χ1) is 15.9. The van der Waals surface area contributed by atoms with E-state index in [-0.39, 0.29) is 11.7 Å². The van der Waals surface area contributed by atoms with E-state index in [0.717, 1.165) is 35.8 Å². The fraction of sp³-hybridized carbons (Fsp3) is 0.333. The van der Waals surface area contributed by atoms with E-state index in [1.165, 1.54) is 12.1 Å². The van der Waals surface area contributed by atoms with Crippen LogP contribution >= 0.6 is 0 Å². The molecule has 9 heteroatoms. The molecule has 5 rings (SSSR count). The van der Waals surface area contributed by atoms with Gasteiger partial charge in [-0.15, -0.1) is 0 Å². The summed E-state index contributed by atoms with van der Waals surface area (Å²) < 4.78 is 51.0. The molecule has 3 aromatic rings. The lowest BCUT2D eigenvalue weighted by atomic mass is 9.98. The Morgan fingerprint density at radius 3 is 2.85 bits per heavy atom. The normalized spacial score (nSPS) is 15.1. The van der Waals surface area contributed by atoms with E-state index >= 15 is 0 Å². The Kier molecular flexibility index (Phi) is 5.47. The molecule has 0 fully saturated rings. The number of amides is 1. The van der Waals surface area contributed by atoms with E-state index < -0.39 is 12.4 Å². The van der Waals surface area contributed by atoms with E-state index in [9.17, 15) is 18.0 Å². The molecule has 0 saturated carbocycles. The summed E-state index contributed by atoms with van der Waals surface area (Å²) in [5.41, 5.74) is 4.25. The van der Waals surface area contributed by atoms with Gasteiger partial charge in [0.15, 0.2) is 0 Å². The predicted octanol–water partition coefficient (Wildman–Crippen LogP) is 4.35. The molecule has 0 N–H and O–H groups in total. The molecule has 0 saturated heterocycles. The fourth-order valence-electron chi connectivity index (χ4n) is 4.58. The van der Waals surface area contributed by atoms with Crippen molar-refractivity contribution in [1.29, 1.82) is 0 Å². The highest BCUT2D eigenvalue weighted by Gasteiger charge is 2.28. The molecule has 6 nitrogen and oxygen atoms in total. The monoisotopic (exact) mass is 457 g/mol. The van der Waals surface area contributed by atoms with Gasteiger partial charge in [-0.05, 0) is 49.1 Å². The fourth-order valence-corrected chi connectivity index (χ4v) is 4.58. The Morgan fingerprint density at radius 2 is 2.03 bits per heavy atom. The number of fused-ring (bicyclic) bond motifs is 2. The predicted molar refractivity (Wildman–Crippen MR) is 114 cm³/mol. The van der Waals surface area contributed by atoms with Gasteiger partial charge >= 0.3 is 6.61 Å². The molecule has 1 aromatic heterocycles. The molecule has 33 heavy (non-hydrogen) atoms. The van der Waals surface area contributed by atoms with E-state index in [1.807, 2.05) is 12.1 Å². The standard InChI is InChI=1S/C24H22F3N3O3/c1-29-22(16-9-17(25)12-18(10-16)33-24(26)27)19-6-7-30(13-20(19)28-29)23(31)15-5-4-14-3-2-8-32-21(14)11-15/h4-5,9-12,24H,2-3,6-8,13H2,1H3. The van der Waals surface area contributed by atoms with Gasteiger partial charge in [0.2, 0.25) is 0 Å². The van der Waals surface area contributed by atoms with Crippen molar-refractivity contribution in [3.05, 3.63) is 64.6 Å². The van der Waals surface area contributed by atoms with Crippen LogP contribution in [0.15, 0.2) is 36.4 Å². The zero-order valence-corrected chi connectivity index (χ0v) is 18.0. The number of alkyl halides is 2. The average molecular weight is 457 g/mol. The summed E-state index contributed by atoms with van der Waals surface area (Å²) >= 11 is 0. The van der Waals surface area contributed by atoms with E-state index in [0.29, 0.717) is 48.6 Å². The highest BCUT2D eigenvalue weighted by molar-refractivity contribution is 5.95. The summed E-state index contributed by atoms with van der Waals surface area (Å²) in [7, 11) is 1.71. The summed E-state index contributed by atoms with van der Waals surface area (Å²) in [4.78, 5) is 14.9. The van der Waals surface area contributed by atoms with Crippen LogP contribution in [0.3, 0.4) is 0 Å². The highest BCUT2D eigenvalue weighted by Crippen LogP contribution is 2.34. The van der Waals surface area contributed by atoms with Crippen LogP contribution in [-0.2, 0) is 26.4 Å². The number of hydrogen-bond donors (Lipinski definition) is 0. The number of aryl methyl sites for hydroxylation is 2. The molecule has 0 unspecified atom stereocenters. The van der Waals surface area contributed by atoms with E-state index in [2.05, 4.69) is 9.84 Å². The molecule has 0 atom stereocenters. The van der Waals surface area contributed by atoms with Gasteiger partial charge in [0, 0.05) is 36.3 Å². The molecular formula is C24H22F3N3O3. The van der Waals surface area contributed by atoms with Gasteiger partial charge in [0.1, 0.15) is 17.3 Å². The van der Waals surface area contributed by atoms with Crippen LogP contribution in [0.4, 0.5) is 13.2 Å². The molecule has 2 aromatic carbocycles. The van der Waals surface area contributed by atoms with Crippen molar-refractivity contribution in [2.45, 2.75) is 32.4 Å². The molecule has 2 aliphatic rings. The summed E-state index contributed by atoms with van der Waals surface area (Å²) in [6.07, 6.45) is 2.42. The van der Waals surface area contributed by atoms with E-state index in [4.69, 9.17) is 4.74 Å². The number of carbonyl (C=O) groups excluding carboxylic acids is 1. The lowest BCUT2D eigenvalue weighted by Crippen LogP contribution is -2.36. The van der Waals surface area contributed by atoms with Gasteiger partial charge in [0.05, 0.1) is 24.5 Å². The maximum absolute atomic E-state index is 14.1. The second-order valence-electron chi connectivity index (χ2n) is 8.20. The van der Waals surface area contributed by atoms with Gasteiger partial charge < -0.3 is 14.4 Å². The maximum Gasteiger partial charge on any atom is 0.387 e. The van der Waals surface area contributed by atoms with Crippen molar-refractivity contribution in [2.24, 2.45) is 7.05 Å². The minimum Gasteiger partial charge on any atom is -0.493 e. The first kappa shape index (κ1) is 21.4. The molecule has 0 aliphatic carbocycles. The third kappa shape index (κ3) is 4.15. The molecular weight excluding hydrogens is 435 g/mol. The van der Waals surface area contributed by atoms with Crippen LogP contribution in [0, 0.1) is 5.82 Å². The SMILES string of the molecule is Cn1nc2c(c1-c1cc(F)cc(OC(F)F)c1)CCN(C(=O)c1ccc3c(c1)OCCC3)C2. The lowest BCUT2D eigenvalue weighted by Gasteiger charge is -2.27. The van der Waals surface area contributed by atoms with E-state index in [1.54, 1.807) is 22.7 Å². The first-order valence-electron chi connectivity index (χ1n) is 10.7. The lowest BCUT2D eigenvalue weighted by molar-refractivity contribution is -0.0499. The van der Waals surface area contributed by atoms with Gasteiger partial charge in [-0.25, -0.2) is 4.39 Å². The number of nitrogens with zero attached hydrogens (tertiary/aromatic N) is 3. The Hall–Kier alpha value is -3.49. The second kappa shape index (κ2) is 8.46. The highest BCUT2D eigenvalue weighted by atomic mass is 19.3. The van der Waals surface area contributed by atoms with Gasteiger partial charge in [-0.2, -0.15) is 13.9 Å². The zero-order chi connectivity index (χ0) is 23.1. The first-order valence-corrected chi connectivity index (χ1v) is 10.7. The number of hydrogen-bond acceptors (Lipinski definition) is 4. The van der Waals surface area contributed by atoms with Crippen molar-refractivity contribution >= 4 is 5.91 Å². The number of rotatable bonds is 4. The van der Waals surface area contributed by atoms with Crippen LogP contribution in [0.1, 0.15) is 33.6 Å². The van der Waals surface area contributed by atoms with Crippen LogP contribution in [0.25, 0.3) is 11.3 Å². The van der Waals surface area contributed by atoms with Crippen LogP contribution in [0.5, 0.6) is 11.5 Å². The van der Waals surface area contributed by atoms with Crippen LogP contribution in [0.2, 0.25) is 0 Å². The quantitative estimate of drug-likeness (QED) is 0.585. The second-order valence-corrected chi connectivity index (χ2v) is 8.20. The largest absolute Gasteiger partial charge is 0.493 e. The summed E-state index contributed by atoms with van der Waals surface area (Å²) in [5.74, 6) is -0.279. The Bertz CT molecular complexity index is 1230. The van der Waals surface area contributed by atoms with Crippen molar-refractivity contribution < 1.29 is 27.4 Å².